The topological polar surface area (TPSA) is 68.3 Å². The molecule has 1 aliphatic carbocycles. The van der Waals surface area contributed by atoms with Gasteiger partial charge in [0.25, 0.3) is 0 Å². The minimum atomic E-state index is -4.44. The van der Waals surface area contributed by atoms with Gasteiger partial charge >= 0.3 is 6.18 Å². The zero-order chi connectivity index (χ0) is 16.2. The zero-order valence-corrected chi connectivity index (χ0v) is 12.6. The summed E-state index contributed by atoms with van der Waals surface area (Å²) >= 11 is 0. The summed E-state index contributed by atoms with van der Waals surface area (Å²) in [5.41, 5.74) is 0.494. The van der Waals surface area contributed by atoms with E-state index in [1.165, 1.54) is 18.3 Å². The third-order valence-corrected chi connectivity index (χ3v) is 5.30. The molecule has 124 valence electrons. The fourth-order valence-corrected chi connectivity index (χ4v) is 3.85. The first kappa shape index (κ1) is 17.0. The number of hydrogen-bond donors (Lipinski definition) is 1. The molecule has 5 nitrogen and oxygen atoms in total. The number of rotatable bonds is 6. The van der Waals surface area contributed by atoms with Gasteiger partial charge in [-0.1, -0.05) is 12.8 Å². The van der Waals surface area contributed by atoms with E-state index in [1.807, 2.05) is 0 Å². The normalized spacial score (nSPS) is 16.9. The van der Waals surface area contributed by atoms with E-state index in [9.17, 15) is 21.6 Å². The van der Waals surface area contributed by atoms with E-state index in [4.69, 9.17) is 0 Å². The van der Waals surface area contributed by atoms with Crippen LogP contribution >= 0.6 is 0 Å². The SMILES string of the molecule is O=S(=O)(NCc1ccnc(OCC(F)(F)F)c1)C1CCCC1. The lowest BCUT2D eigenvalue weighted by molar-refractivity contribution is -0.154. The molecule has 1 aromatic heterocycles. The zero-order valence-electron chi connectivity index (χ0n) is 11.8. The molecular formula is C13H17F3N2O3S. The fourth-order valence-electron chi connectivity index (χ4n) is 2.30. The first-order valence-corrected chi connectivity index (χ1v) is 8.44. The lowest BCUT2D eigenvalue weighted by Crippen LogP contribution is -2.32. The first-order valence-electron chi connectivity index (χ1n) is 6.89. The van der Waals surface area contributed by atoms with Crippen molar-refractivity contribution in [2.24, 2.45) is 0 Å². The summed E-state index contributed by atoms with van der Waals surface area (Å²) in [7, 11) is -3.40. The molecule has 0 bridgehead atoms. The molecule has 9 heteroatoms. The van der Waals surface area contributed by atoms with Gasteiger partial charge in [-0.05, 0) is 24.5 Å². The Labute approximate surface area is 126 Å². The summed E-state index contributed by atoms with van der Waals surface area (Å²) in [6, 6.07) is 2.82. The van der Waals surface area contributed by atoms with Gasteiger partial charge in [-0.15, -0.1) is 0 Å². The van der Waals surface area contributed by atoms with Crippen molar-refractivity contribution in [1.82, 2.24) is 9.71 Å². The van der Waals surface area contributed by atoms with Gasteiger partial charge in [-0.25, -0.2) is 18.1 Å². The largest absolute Gasteiger partial charge is 0.468 e. The monoisotopic (exact) mass is 338 g/mol. The molecule has 0 unspecified atom stereocenters. The number of alkyl halides is 3. The number of pyridine rings is 1. The van der Waals surface area contributed by atoms with Crippen LogP contribution in [0.3, 0.4) is 0 Å². The molecule has 0 amide bonds. The molecule has 1 aliphatic rings. The van der Waals surface area contributed by atoms with Crippen molar-refractivity contribution in [3.8, 4) is 5.88 Å². The summed E-state index contributed by atoms with van der Waals surface area (Å²) in [4.78, 5) is 3.66. The van der Waals surface area contributed by atoms with E-state index in [2.05, 4.69) is 14.4 Å². The maximum Gasteiger partial charge on any atom is 0.422 e. The van der Waals surface area contributed by atoms with Crippen molar-refractivity contribution < 1.29 is 26.3 Å². The predicted molar refractivity (Wildman–Crippen MR) is 73.8 cm³/mol. The van der Waals surface area contributed by atoms with Gasteiger partial charge in [0.2, 0.25) is 15.9 Å². The Morgan fingerprint density at radius 3 is 2.64 bits per heavy atom. The van der Waals surface area contributed by atoms with Crippen molar-refractivity contribution in [2.45, 2.75) is 43.7 Å². The lowest BCUT2D eigenvalue weighted by atomic mass is 10.3. The van der Waals surface area contributed by atoms with Gasteiger partial charge in [-0.3, -0.25) is 0 Å². The fraction of sp³-hybridized carbons (Fsp3) is 0.615. The molecule has 0 spiro atoms. The molecule has 0 atom stereocenters. The van der Waals surface area contributed by atoms with Gasteiger partial charge in [0.15, 0.2) is 6.61 Å². The predicted octanol–water partition coefficient (Wildman–Crippen LogP) is 2.38. The van der Waals surface area contributed by atoms with E-state index in [0.717, 1.165) is 12.8 Å². The number of ether oxygens (including phenoxy) is 1. The van der Waals surface area contributed by atoms with Gasteiger partial charge in [0.05, 0.1) is 5.25 Å². The minimum Gasteiger partial charge on any atom is -0.468 e. The van der Waals surface area contributed by atoms with Crippen LogP contribution in [0, 0.1) is 0 Å². The highest BCUT2D eigenvalue weighted by Crippen LogP contribution is 2.24. The summed E-state index contributed by atoms with van der Waals surface area (Å²) in [6.07, 6.45) is -0.0730. The van der Waals surface area contributed by atoms with Crippen LogP contribution in [0.1, 0.15) is 31.2 Å². The molecule has 0 saturated heterocycles. The summed E-state index contributed by atoms with van der Waals surface area (Å²) in [5, 5.41) is -0.379. The Bertz CT molecular complexity index is 599. The van der Waals surface area contributed by atoms with Gasteiger partial charge in [0.1, 0.15) is 0 Å². The molecule has 1 saturated carbocycles. The number of halogens is 3. The number of sulfonamides is 1. The van der Waals surface area contributed by atoms with E-state index in [1.54, 1.807) is 0 Å². The molecule has 1 heterocycles. The Morgan fingerprint density at radius 1 is 1.32 bits per heavy atom. The van der Waals surface area contributed by atoms with E-state index in [0.29, 0.717) is 18.4 Å². The van der Waals surface area contributed by atoms with Gasteiger partial charge < -0.3 is 4.74 Å². The van der Waals surface area contributed by atoms with E-state index in [-0.39, 0.29) is 17.7 Å². The van der Waals surface area contributed by atoms with Crippen LogP contribution in [-0.2, 0) is 16.6 Å². The second-order valence-corrected chi connectivity index (χ2v) is 7.22. The lowest BCUT2D eigenvalue weighted by Gasteiger charge is -2.13. The highest BCUT2D eigenvalue weighted by Gasteiger charge is 2.29. The Morgan fingerprint density at radius 2 is 2.00 bits per heavy atom. The van der Waals surface area contributed by atoms with Crippen molar-refractivity contribution in [3.05, 3.63) is 23.9 Å². The van der Waals surface area contributed by atoms with Crippen LogP contribution in [0.5, 0.6) is 5.88 Å². The van der Waals surface area contributed by atoms with Crippen LogP contribution in [0.15, 0.2) is 18.3 Å². The second-order valence-electron chi connectivity index (χ2n) is 5.18. The molecule has 1 N–H and O–H groups in total. The Kier molecular flexibility index (Phi) is 5.28. The van der Waals surface area contributed by atoms with Crippen molar-refractivity contribution >= 4 is 10.0 Å². The summed E-state index contributed by atoms with van der Waals surface area (Å²) < 4.78 is 67.3. The average Bonchev–Trinajstić information content (AvgIpc) is 2.98. The number of nitrogens with one attached hydrogen (secondary N) is 1. The second kappa shape index (κ2) is 6.82. The van der Waals surface area contributed by atoms with Crippen LogP contribution in [0.2, 0.25) is 0 Å². The van der Waals surface area contributed by atoms with Crippen molar-refractivity contribution in [3.63, 3.8) is 0 Å². The minimum absolute atomic E-state index is 0.00370. The Hall–Kier alpha value is -1.35. The molecule has 0 aromatic carbocycles. The molecule has 2 rings (SSSR count). The van der Waals surface area contributed by atoms with E-state index >= 15 is 0 Å². The molecule has 1 aromatic rings. The molecule has 22 heavy (non-hydrogen) atoms. The first-order chi connectivity index (χ1) is 10.3. The third-order valence-electron chi connectivity index (χ3n) is 3.40. The Balaban J connectivity index is 1.93. The van der Waals surface area contributed by atoms with E-state index < -0.39 is 22.8 Å². The highest BCUT2D eigenvalue weighted by molar-refractivity contribution is 7.90. The van der Waals surface area contributed by atoms with Gasteiger partial charge in [-0.2, -0.15) is 13.2 Å². The van der Waals surface area contributed by atoms with Gasteiger partial charge in [0, 0.05) is 18.8 Å². The smallest absolute Gasteiger partial charge is 0.422 e. The number of nitrogens with zero attached hydrogens (tertiary/aromatic N) is 1. The van der Waals surface area contributed by atoms with Crippen LogP contribution in [0.4, 0.5) is 13.2 Å². The summed E-state index contributed by atoms with van der Waals surface area (Å²) in [5.74, 6) is -0.185. The molecule has 0 aliphatic heterocycles. The van der Waals surface area contributed by atoms with Crippen LogP contribution < -0.4 is 9.46 Å². The number of aromatic nitrogens is 1. The van der Waals surface area contributed by atoms with Crippen LogP contribution in [-0.4, -0.2) is 31.4 Å². The molecule has 0 radical (unpaired) electrons. The maximum absolute atomic E-state index is 12.1. The number of hydrogen-bond acceptors (Lipinski definition) is 4. The molecule has 1 fully saturated rings. The van der Waals surface area contributed by atoms with Crippen LogP contribution in [0.25, 0.3) is 0 Å². The average molecular weight is 338 g/mol. The maximum atomic E-state index is 12.1. The summed E-state index contributed by atoms with van der Waals surface area (Å²) in [6.45, 7) is -1.43. The van der Waals surface area contributed by atoms with Crippen molar-refractivity contribution in [2.75, 3.05) is 6.61 Å². The third kappa shape index (κ3) is 5.13. The standard InChI is InChI=1S/C13H17F3N2O3S/c14-13(15,16)9-21-12-7-10(5-6-17-12)8-18-22(19,20)11-3-1-2-4-11/h5-7,11,18H,1-4,8-9H2. The highest BCUT2D eigenvalue weighted by atomic mass is 32.2. The quantitative estimate of drug-likeness (QED) is 0.865. The van der Waals surface area contributed by atoms with Crippen molar-refractivity contribution in [1.29, 1.82) is 0 Å². The molecular weight excluding hydrogens is 321 g/mol.